The first-order valence-electron chi connectivity index (χ1n) is 6.66. The van der Waals surface area contributed by atoms with E-state index in [1.54, 1.807) is 6.07 Å². The number of hydrogen-bond acceptors (Lipinski definition) is 3. The van der Waals surface area contributed by atoms with E-state index in [9.17, 15) is 9.59 Å². The van der Waals surface area contributed by atoms with Crippen molar-refractivity contribution in [3.05, 3.63) is 28.8 Å². The molecule has 1 aliphatic heterocycles. The molecule has 1 aromatic rings. The van der Waals surface area contributed by atoms with Crippen molar-refractivity contribution in [3.8, 4) is 0 Å². The van der Waals surface area contributed by atoms with Crippen LogP contribution >= 0.6 is 11.6 Å². The third-order valence-electron chi connectivity index (χ3n) is 3.46. The molecule has 0 radical (unpaired) electrons. The molecule has 0 aliphatic carbocycles. The van der Waals surface area contributed by atoms with Crippen LogP contribution in [0.5, 0.6) is 0 Å². The van der Waals surface area contributed by atoms with Gasteiger partial charge >= 0.3 is 0 Å². The molecule has 0 bridgehead atoms. The minimum absolute atomic E-state index is 0.0829. The van der Waals surface area contributed by atoms with Crippen LogP contribution in [0, 0.1) is 5.92 Å². The summed E-state index contributed by atoms with van der Waals surface area (Å²) in [5.74, 6) is -0.231. The Kier molecular flexibility index (Phi) is 4.98. The van der Waals surface area contributed by atoms with Gasteiger partial charge in [-0.25, -0.2) is 0 Å². The largest absolute Gasteiger partial charge is 0.366 e. The first-order valence-corrected chi connectivity index (χ1v) is 7.04. The third kappa shape index (κ3) is 3.95. The van der Waals surface area contributed by atoms with Crippen LogP contribution in [0.4, 0.5) is 5.69 Å². The van der Waals surface area contributed by atoms with E-state index in [1.165, 1.54) is 12.1 Å². The molecule has 108 valence electrons. The topological polar surface area (TPSA) is 84.2 Å². The van der Waals surface area contributed by atoms with Crippen molar-refractivity contribution in [3.63, 3.8) is 0 Å². The number of amides is 2. The second kappa shape index (κ2) is 6.72. The molecule has 2 rings (SSSR count). The number of nitrogens with one attached hydrogen (secondary N) is 2. The lowest BCUT2D eigenvalue weighted by atomic mass is 9.94. The molecule has 0 aromatic heterocycles. The monoisotopic (exact) mass is 295 g/mol. The molecule has 0 saturated carbocycles. The second-order valence-corrected chi connectivity index (χ2v) is 5.41. The average Bonchev–Trinajstić information content (AvgIpc) is 2.42. The fraction of sp³-hybridized carbons (Fsp3) is 0.429. The first kappa shape index (κ1) is 14.8. The van der Waals surface area contributed by atoms with Crippen molar-refractivity contribution in [2.24, 2.45) is 11.7 Å². The Morgan fingerprint density at radius 3 is 2.70 bits per heavy atom. The zero-order valence-electron chi connectivity index (χ0n) is 11.1. The van der Waals surface area contributed by atoms with Gasteiger partial charge in [-0.15, -0.1) is 0 Å². The number of halogens is 1. The quantitative estimate of drug-likeness (QED) is 0.791. The molecule has 1 fully saturated rings. The summed E-state index contributed by atoms with van der Waals surface area (Å²) < 4.78 is 0. The Labute approximate surface area is 122 Å². The summed E-state index contributed by atoms with van der Waals surface area (Å²) in [6.07, 6.45) is 2.48. The van der Waals surface area contributed by atoms with E-state index in [1.807, 2.05) is 0 Å². The number of nitrogens with two attached hydrogens (primary N) is 1. The zero-order valence-corrected chi connectivity index (χ0v) is 11.9. The van der Waals surface area contributed by atoms with Gasteiger partial charge in [-0.3, -0.25) is 9.59 Å². The van der Waals surface area contributed by atoms with Gasteiger partial charge in [0.15, 0.2) is 0 Å². The molecule has 5 nitrogen and oxygen atoms in total. The Bertz CT molecular complexity index is 513. The zero-order chi connectivity index (χ0) is 14.5. The molecule has 1 aliphatic rings. The normalized spacial score (nSPS) is 15.8. The fourth-order valence-corrected chi connectivity index (χ4v) is 2.49. The summed E-state index contributed by atoms with van der Waals surface area (Å²) in [7, 11) is 0. The summed E-state index contributed by atoms with van der Waals surface area (Å²) >= 11 is 6.01. The van der Waals surface area contributed by atoms with Gasteiger partial charge in [-0.2, -0.15) is 0 Å². The summed E-state index contributed by atoms with van der Waals surface area (Å²) in [5, 5.41) is 6.41. The number of primary amides is 1. The second-order valence-electron chi connectivity index (χ2n) is 5.00. The van der Waals surface area contributed by atoms with Crippen LogP contribution in [-0.2, 0) is 4.79 Å². The summed E-state index contributed by atoms with van der Waals surface area (Å²) in [5.41, 5.74) is 5.97. The van der Waals surface area contributed by atoms with Crippen molar-refractivity contribution in [1.82, 2.24) is 5.32 Å². The minimum Gasteiger partial charge on any atom is -0.366 e. The smallest absolute Gasteiger partial charge is 0.248 e. The van der Waals surface area contributed by atoms with Gasteiger partial charge in [-0.1, -0.05) is 11.6 Å². The van der Waals surface area contributed by atoms with Crippen molar-refractivity contribution >= 4 is 29.1 Å². The van der Waals surface area contributed by atoms with Crippen LogP contribution in [0.2, 0.25) is 5.02 Å². The number of anilines is 1. The maximum Gasteiger partial charge on any atom is 0.248 e. The molecule has 6 heteroatoms. The molecule has 1 heterocycles. The Balaban J connectivity index is 1.99. The first-order chi connectivity index (χ1) is 9.56. The van der Waals surface area contributed by atoms with E-state index in [4.69, 9.17) is 17.3 Å². The number of benzene rings is 1. The van der Waals surface area contributed by atoms with E-state index in [0.717, 1.165) is 25.9 Å². The fourth-order valence-electron chi connectivity index (χ4n) is 2.32. The van der Waals surface area contributed by atoms with Crippen LogP contribution < -0.4 is 16.4 Å². The number of carbonyl (C=O) groups is 2. The van der Waals surface area contributed by atoms with Crippen LogP contribution in [0.15, 0.2) is 18.2 Å². The highest BCUT2D eigenvalue weighted by molar-refractivity contribution is 6.33. The molecule has 2 amide bonds. The van der Waals surface area contributed by atoms with E-state index < -0.39 is 5.91 Å². The van der Waals surface area contributed by atoms with E-state index in [0.29, 0.717) is 28.6 Å². The number of carbonyl (C=O) groups excluding carboxylic acids is 2. The van der Waals surface area contributed by atoms with Crippen LogP contribution in [0.3, 0.4) is 0 Å². The van der Waals surface area contributed by atoms with E-state index >= 15 is 0 Å². The molecule has 1 saturated heterocycles. The third-order valence-corrected chi connectivity index (χ3v) is 3.79. The molecule has 0 unspecified atom stereocenters. The van der Waals surface area contributed by atoms with Gasteiger partial charge in [0.1, 0.15) is 0 Å². The number of hydrogen-bond donors (Lipinski definition) is 3. The predicted molar refractivity (Wildman–Crippen MR) is 78.8 cm³/mol. The van der Waals surface area contributed by atoms with Crippen LogP contribution in [-0.4, -0.2) is 24.9 Å². The summed E-state index contributed by atoms with van der Waals surface area (Å²) in [6.45, 7) is 1.91. The molecule has 1 aromatic carbocycles. The van der Waals surface area contributed by atoms with Crippen molar-refractivity contribution < 1.29 is 9.59 Å². The summed E-state index contributed by atoms with van der Waals surface area (Å²) in [6, 6.07) is 4.60. The van der Waals surface area contributed by atoms with Crippen LogP contribution in [0.1, 0.15) is 29.6 Å². The van der Waals surface area contributed by atoms with Crippen molar-refractivity contribution in [1.29, 1.82) is 0 Å². The van der Waals surface area contributed by atoms with E-state index in [2.05, 4.69) is 10.6 Å². The predicted octanol–water partition coefficient (Wildman–Crippen LogP) is 1.77. The van der Waals surface area contributed by atoms with Crippen LogP contribution in [0.25, 0.3) is 0 Å². The lowest BCUT2D eigenvalue weighted by Gasteiger charge is -2.22. The lowest BCUT2D eigenvalue weighted by molar-refractivity contribution is -0.117. The standard InChI is InChI=1S/C14H18ClN3O2/c15-11-2-1-10(14(16)20)8-12(11)18-13(19)7-9-3-5-17-6-4-9/h1-2,8-9,17H,3-7H2,(H2,16,20)(H,18,19). The maximum atomic E-state index is 12.0. The summed E-state index contributed by atoms with van der Waals surface area (Å²) in [4.78, 5) is 23.1. The molecular formula is C14H18ClN3O2. The maximum absolute atomic E-state index is 12.0. The number of rotatable bonds is 4. The highest BCUT2D eigenvalue weighted by atomic mass is 35.5. The van der Waals surface area contributed by atoms with Gasteiger partial charge in [0.2, 0.25) is 11.8 Å². The molecule has 20 heavy (non-hydrogen) atoms. The molecule has 0 atom stereocenters. The Morgan fingerprint density at radius 1 is 1.35 bits per heavy atom. The van der Waals surface area contributed by atoms with Gasteiger partial charge in [0, 0.05) is 12.0 Å². The lowest BCUT2D eigenvalue weighted by Crippen LogP contribution is -2.30. The van der Waals surface area contributed by atoms with Gasteiger partial charge in [-0.05, 0) is 50.0 Å². The highest BCUT2D eigenvalue weighted by Crippen LogP contribution is 2.24. The number of piperidine rings is 1. The Hall–Kier alpha value is -1.59. The molecular weight excluding hydrogens is 278 g/mol. The molecule has 4 N–H and O–H groups in total. The highest BCUT2D eigenvalue weighted by Gasteiger charge is 2.17. The van der Waals surface area contributed by atoms with Crippen molar-refractivity contribution in [2.75, 3.05) is 18.4 Å². The van der Waals surface area contributed by atoms with Gasteiger partial charge in [0.25, 0.3) is 0 Å². The Morgan fingerprint density at radius 2 is 2.05 bits per heavy atom. The minimum atomic E-state index is -0.546. The average molecular weight is 296 g/mol. The SMILES string of the molecule is NC(=O)c1ccc(Cl)c(NC(=O)CC2CCNCC2)c1. The van der Waals surface area contributed by atoms with Gasteiger partial charge in [0.05, 0.1) is 10.7 Å². The van der Waals surface area contributed by atoms with Gasteiger partial charge < -0.3 is 16.4 Å². The van der Waals surface area contributed by atoms with E-state index in [-0.39, 0.29) is 5.91 Å². The van der Waals surface area contributed by atoms with Crippen molar-refractivity contribution in [2.45, 2.75) is 19.3 Å². The molecule has 0 spiro atoms.